The van der Waals surface area contributed by atoms with Gasteiger partial charge in [-0.05, 0) is 42.0 Å². The third-order valence-electron chi connectivity index (χ3n) is 4.86. The fourth-order valence-electron chi connectivity index (χ4n) is 3.09. The molecule has 0 bridgehead atoms. The number of hydrogen-bond acceptors (Lipinski definition) is 5. The Morgan fingerprint density at radius 3 is 2.34 bits per heavy atom. The number of urea groups is 1. The van der Waals surface area contributed by atoms with E-state index in [1.54, 1.807) is 49.3 Å². The number of rotatable bonds is 7. The number of nitrogens with zero attached hydrogens (tertiary/aromatic N) is 2. The molecule has 0 atom stereocenters. The van der Waals surface area contributed by atoms with Gasteiger partial charge < -0.3 is 25.6 Å². The first-order valence-electron chi connectivity index (χ1n) is 10.4. The summed E-state index contributed by atoms with van der Waals surface area (Å²) in [6, 6.07) is 12.5. The Hall–Kier alpha value is -4.28. The number of carbonyl (C=O) groups is 2. The summed E-state index contributed by atoms with van der Waals surface area (Å²) in [6.45, 7) is 0.137. The predicted molar refractivity (Wildman–Crippen MR) is 126 cm³/mol. The van der Waals surface area contributed by atoms with Gasteiger partial charge in [-0.25, -0.2) is 4.79 Å². The lowest BCUT2D eigenvalue weighted by atomic mass is 10.1. The first-order valence-corrected chi connectivity index (χ1v) is 10.4. The second-order valence-corrected chi connectivity index (χ2v) is 7.63. The molecule has 3 rings (SSSR count). The molecule has 0 aliphatic heterocycles. The molecular weight excluding hydrogens is 463 g/mol. The van der Waals surface area contributed by atoms with Gasteiger partial charge in [0.2, 0.25) is 0 Å². The Morgan fingerprint density at radius 2 is 1.71 bits per heavy atom. The summed E-state index contributed by atoms with van der Waals surface area (Å²) in [7, 11) is 4.84. The van der Waals surface area contributed by atoms with Crippen molar-refractivity contribution in [2.75, 3.05) is 31.4 Å². The van der Waals surface area contributed by atoms with Crippen molar-refractivity contribution in [1.82, 2.24) is 15.6 Å². The van der Waals surface area contributed by atoms with Crippen molar-refractivity contribution in [2.45, 2.75) is 12.7 Å². The summed E-state index contributed by atoms with van der Waals surface area (Å²) in [5, 5.41) is 7.59. The molecule has 184 valence electrons. The highest BCUT2D eigenvalue weighted by molar-refractivity contribution is 5.93. The lowest BCUT2D eigenvalue weighted by molar-refractivity contribution is -0.137. The zero-order chi connectivity index (χ0) is 25.6. The number of aromatic nitrogens is 1. The highest BCUT2D eigenvalue weighted by Gasteiger charge is 2.31. The summed E-state index contributed by atoms with van der Waals surface area (Å²) in [4.78, 5) is 29.6. The number of benzene rings is 2. The molecule has 0 saturated carbocycles. The topological polar surface area (TPSA) is 95.6 Å². The van der Waals surface area contributed by atoms with Crippen LogP contribution >= 0.6 is 0 Å². The summed E-state index contributed by atoms with van der Waals surface area (Å²) >= 11 is 0. The number of nitrogens with one attached hydrogen (secondary N) is 3. The fourth-order valence-corrected chi connectivity index (χ4v) is 3.09. The molecule has 11 heteroatoms. The van der Waals surface area contributed by atoms with Gasteiger partial charge in [-0.15, -0.1) is 0 Å². The van der Waals surface area contributed by atoms with E-state index in [0.717, 1.165) is 17.7 Å². The van der Waals surface area contributed by atoms with Crippen molar-refractivity contribution in [3.8, 4) is 11.5 Å². The average Bonchev–Trinajstić information content (AvgIpc) is 2.82. The highest BCUT2D eigenvalue weighted by atomic mass is 19.4. The number of anilines is 2. The minimum Gasteiger partial charge on any atom is -0.457 e. The Labute approximate surface area is 200 Å². The third kappa shape index (κ3) is 6.85. The van der Waals surface area contributed by atoms with E-state index in [4.69, 9.17) is 4.74 Å². The summed E-state index contributed by atoms with van der Waals surface area (Å²) in [5.74, 6) is 0.603. The zero-order valence-electron chi connectivity index (χ0n) is 19.2. The van der Waals surface area contributed by atoms with Crippen LogP contribution in [0.3, 0.4) is 0 Å². The number of hydrogen-bond donors (Lipinski definition) is 3. The second kappa shape index (κ2) is 10.8. The highest BCUT2D eigenvalue weighted by Crippen LogP contribution is 2.34. The minimum absolute atomic E-state index is 0.0412. The van der Waals surface area contributed by atoms with Crippen LogP contribution in [0.1, 0.15) is 21.6 Å². The zero-order valence-corrected chi connectivity index (χ0v) is 19.2. The van der Waals surface area contributed by atoms with Crippen LogP contribution in [0.5, 0.6) is 11.5 Å². The van der Waals surface area contributed by atoms with Crippen LogP contribution in [-0.2, 0) is 12.7 Å². The van der Waals surface area contributed by atoms with Gasteiger partial charge in [0.25, 0.3) is 5.91 Å². The first-order chi connectivity index (χ1) is 16.6. The first kappa shape index (κ1) is 25.3. The SMILES string of the molecule is CNC(=O)c1cc(Oc2ccc(CNC(=O)Nc3cc(C(F)(F)F)ccc3N(C)C)cc2)ccn1. The molecule has 0 saturated heterocycles. The monoisotopic (exact) mass is 487 g/mol. The molecule has 3 N–H and O–H groups in total. The molecule has 35 heavy (non-hydrogen) atoms. The van der Waals surface area contributed by atoms with Crippen LogP contribution in [0.4, 0.5) is 29.3 Å². The van der Waals surface area contributed by atoms with Gasteiger partial charge in [0.1, 0.15) is 17.2 Å². The van der Waals surface area contributed by atoms with E-state index in [-0.39, 0.29) is 23.8 Å². The Morgan fingerprint density at radius 1 is 1.00 bits per heavy atom. The van der Waals surface area contributed by atoms with Crippen LogP contribution in [0, 0.1) is 0 Å². The van der Waals surface area contributed by atoms with Gasteiger partial charge >= 0.3 is 12.2 Å². The van der Waals surface area contributed by atoms with Crippen molar-refractivity contribution in [1.29, 1.82) is 0 Å². The largest absolute Gasteiger partial charge is 0.457 e. The molecule has 8 nitrogen and oxygen atoms in total. The molecule has 0 unspecified atom stereocenters. The number of ether oxygens (including phenoxy) is 1. The quantitative estimate of drug-likeness (QED) is 0.451. The lowest BCUT2D eigenvalue weighted by Crippen LogP contribution is -2.29. The Balaban J connectivity index is 1.61. The Kier molecular flexibility index (Phi) is 7.80. The van der Waals surface area contributed by atoms with E-state index in [1.165, 1.54) is 25.4 Å². The van der Waals surface area contributed by atoms with Crippen molar-refractivity contribution in [3.63, 3.8) is 0 Å². The van der Waals surface area contributed by atoms with Gasteiger partial charge in [-0.1, -0.05) is 12.1 Å². The van der Waals surface area contributed by atoms with E-state index >= 15 is 0 Å². The van der Waals surface area contributed by atoms with Crippen molar-refractivity contribution in [3.05, 3.63) is 77.6 Å². The molecule has 2 aromatic carbocycles. The van der Waals surface area contributed by atoms with Crippen LogP contribution in [0.25, 0.3) is 0 Å². The van der Waals surface area contributed by atoms with Gasteiger partial charge in [-0.2, -0.15) is 13.2 Å². The second-order valence-electron chi connectivity index (χ2n) is 7.63. The maximum absolute atomic E-state index is 13.1. The van der Waals surface area contributed by atoms with Crippen LogP contribution in [0.15, 0.2) is 60.8 Å². The van der Waals surface area contributed by atoms with E-state index in [2.05, 4.69) is 20.9 Å². The van der Waals surface area contributed by atoms with Crippen molar-refractivity contribution < 1.29 is 27.5 Å². The molecule has 1 heterocycles. The van der Waals surface area contributed by atoms with Gasteiger partial charge in [0.15, 0.2) is 0 Å². The molecule has 3 amide bonds. The number of amides is 3. The van der Waals surface area contributed by atoms with Crippen LogP contribution in [-0.4, -0.2) is 38.1 Å². The minimum atomic E-state index is -4.53. The smallest absolute Gasteiger partial charge is 0.416 e. The molecule has 0 aliphatic carbocycles. The molecule has 0 aliphatic rings. The van der Waals surface area contributed by atoms with Gasteiger partial charge in [0.05, 0.1) is 16.9 Å². The van der Waals surface area contributed by atoms with Gasteiger partial charge in [0, 0.05) is 40.0 Å². The summed E-state index contributed by atoms with van der Waals surface area (Å²) in [6.07, 6.45) is -3.06. The molecular formula is C24H24F3N5O3. The number of halogens is 3. The lowest BCUT2D eigenvalue weighted by Gasteiger charge is -2.20. The molecule has 0 radical (unpaired) electrons. The van der Waals surface area contributed by atoms with Crippen LogP contribution < -0.4 is 25.6 Å². The summed E-state index contributed by atoms with van der Waals surface area (Å²) < 4.78 is 45.0. The Bertz CT molecular complexity index is 1200. The van der Waals surface area contributed by atoms with Crippen LogP contribution in [0.2, 0.25) is 0 Å². The number of alkyl halides is 3. The number of carbonyl (C=O) groups excluding carboxylic acids is 2. The molecule has 0 fully saturated rings. The van der Waals surface area contributed by atoms with E-state index < -0.39 is 17.8 Å². The maximum Gasteiger partial charge on any atom is 0.416 e. The molecule has 0 spiro atoms. The van der Waals surface area contributed by atoms with E-state index in [9.17, 15) is 22.8 Å². The average molecular weight is 487 g/mol. The fraction of sp³-hybridized carbons (Fsp3) is 0.208. The standard InChI is InChI=1S/C24H24F3N5O3/c1-28-22(33)20-13-18(10-11-29-20)35-17-7-4-15(5-8-17)14-30-23(34)31-19-12-16(24(25,26)27)6-9-21(19)32(2)3/h4-13H,14H2,1-3H3,(H,28,33)(H2,30,31,34). The third-order valence-corrected chi connectivity index (χ3v) is 4.86. The van der Waals surface area contributed by atoms with E-state index in [0.29, 0.717) is 17.2 Å². The normalized spacial score (nSPS) is 10.9. The number of pyridine rings is 1. The van der Waals surface area contributed by atoms with E-state index in [1.807, 2.05) is 0 Å². The van der Waals surface area contributed by atoms with Crippen molar-refractivity contribution in [2.24, 2.45) is 0 Å². The van der Waals surface area contributed by atoms with Crippen molar-refractivity contribution >= 4 is 23.3 Å². The van der Waals surface area contributed by atoms with Gasteiger partial charge in [-0.3, -0.25) is 9.78 Å². The maximum atomic E-state index is 13.1. The predicted octanol–water partition coefficient (Wildman–Crippen LogP) is 4.64. The summed E-state index contributed by atoms with van der Waals surface area (Å²) in [5.41, 5.74) is 0.579. The molecule has 3 aromatic rings. The molecule has 1 aromatic heterocycles.